The second-order valence-electron chi connectivity index (χ2n) is 4.12. The van der Waals surface area contributed by atoms with Gasteiger partial charge in [0, 0.05) is 5.41 Å². The number of carboxylic acids is 1. The number of carboxylic acid groups (broad SMARTS) is 1. The topological polar surface area (TPSA) is 49.4 Å². The first-order valence-corrected chi connectivity index (χ1v) is 4.95. The molecule has 0 saturated carbocycles. The van der Waals surface area contributed by atoms with Crippen LogP contribution in [0.15, 0.2) is 30.8 Å². The van der Waals surface area contributed by atoms with Crippen LogP contribution in [0.2, 0.25) is 0 Å². The lowest BCUT2D eigenvalue weighted by molar-refractivity contribution is -0.314. The molecule has 3 heteroatoms. The number of hydrogen-bond donors (Lipinski definition) is 0. The number of rotatable bonds is 4. The van der Waals surface area contributed by atoms with Crippen LogP contribution in [0.1, 0.15) is 19.4 Å². The first-order valence-electron chi connectivity index (χ1n) is 4.95. The Bertz CT molecular complexity index is 402. The zero-order chi connectivity index (χ0) is 12.3. The minimum absolute atomic E-state index is 0.523. The van der Waals surface area contributed by atoms with Crippen LogP contribution >= 0.6 is 0 Å². The Morgan fingerprint density at radius 1 is 1.31 bits per heavy atom. The Kier molecular flexibility index (Phi) is 3.38. The molecule has 0 unspecified atom stereocenters. The molecule has 86 valence electrons. The van der Waals surface area contributed by atoms with Crippen LogP contribution in [0.3, 0.4) is 0 Å². The largest absolute Gasteiger partial charge is 0.549 e. The molecule has 0 aliphatic carbocycles. The molecule has 16 heavy (non-hydrogen) atoms. The Balaban J connectivity index is 3.01. The van der Waals surface area contributed by atoms with E-state index >= 15 is 0 Å². The third-order valence-corrected chi connectivity index (χ3v) is 2.70. The van der Waals surface area contributed by atoms with Crippen molar-refractivity contribution in [2.45, 2.75) is 13.8 Å². The van der Waals surface area contributed by atoms with Crippen molar-refractivity contribution >= 4 is 11.5 Å². The highest BCUT2D eigenvalue weighted by Gasteiger charge is 2.24. The molecule has 0 N–H and O–H groups in total. The fourth-order valence-electron chi connectivity index (χ4n) is 1.28. The van der Waals surface area contributed by atoms with Crippen LogP contribution in [-0.2, 0) is 4.79 Å². The van der Waals surface area contributed by atoms with Gasteiger partial charge in [-0.25, -0.2) is 0 Å². The van der Waals surface area contributed by atoms with Crippen molar-refractivity contribution in [3.63, 3.8) is 0 Å². The van der Waals surface area contributed by atoms with E-state index in [1.165, 1.54) is 0 Å². The van der Waals surface area contributed by atoms with Crippen molar-refractivity contribution in [3.8, 4) is 5.75 Å². The van der Waals surface area contributed by atoms with E-state index in [9.17, 15) is 9.90 Å². The highest BCUT2D eigenvalue weighted by molar-refractivity contribution is 5.89. The molecule has 0 aliphatic rings. The third-order valence-electron chi connectivity index (χ3n) is 2.70. The minimum Gasteiger partial charge on any atom is -0.549 e. The van der Waals surface area contributed by atoms with Gasteiger partial charge in [-0.2, -0.15) is 0 Å². The van der Waals surface area contributed by atoms with Crippen LogP contribution in [0.25, 0.3) is 5.57 Å². The fraction of sp³-hybridized carbons (Fsp3) is 0.308. The smallest absolute Gasteiger partial charge is 0.118 e. The van der Waals surface area contributed by atoms with Gasteiger partial charge in [0.25, 0.3) is 0 Å². The van der Waals surface area contributed by atoms with E-state index in [1.807, 2.05) is 0 Å². The van der Waals surface area contributed by atoms with E-state index in [0.29, 0.717) is 5.57 Å². The number of carbonyl (C=O) groups excluding carboxylic acids is 1. The zero-order valence-corrected chi connectivity index (χ0v) is 9.74. The zero-order valence-electron chi connectivity index (χ0n) is 9.74. The van der Waals surface area contributed by atoms with Gasteiger partial charge < -0.3 is 14.6 Å². The lowest BCUT2D eigenvalue weighted by atomic mass is 9.81. The Morgan fingerprint density at radius 3 is 2.19 bits per heavy atom. The maximum absolute atomic E-state index is 11.0. The van der Waals surface area contributed by atoms with Gasteiger partial charge in [-0.1, -0.05) is 32.6 Å². The molecule has 0 saturated heterocycles. The summed E-state index contributed by atoms with van der Waals surface area (Å²) in [7, 11) is 1.58. The summed E-state index contributed by atoms with van der Waals surface area (Å²) in [5.74, 6) is -0.406. The molecule has 0 aliphatic heterocycles. The summed E-state index contributed by atoms with van der Waals surface area (Å²) in [6, 6.07) is 7.11. The summed E-state index contributed by atoms with van der Waals surface area (Å²) in [5.41, 5.74) is 0.222. The summed E-state index contributed by atoms with van der Waals surface area (Å²) in [6.45, 7) is 6.97. The minimum atomic E-state index is -1.13. The summed E-state index contributed by atoms with van der Waals surface area (Å²) in [4.78, 5) is 11.0. The molecule has 0 radical (unpaired) electrons. The standard InChI is InChI=1S/C13H16O3/c1-9(13(2,3)12(14)15)10-5-7-11(16-4)8-6-10/h5-8H,1H2,2-4H3,(H,14,15)/p-1. The molecular formula is C13H15O3-. The number of aliphatic carboxylic acids is 1. The number of ether oxygens (including phenoxy) is 1. The van der Waals surface area contributed by atoms with Gasteiger partial charge in [-0.15, -0.1) is 0 Å². The van der Waals surface area contributed by atoms with Crippen molar-refractivity contribution in [1.29, 1.82) is 0 Å². The van der Waals surface area contributed by atoms with E-state index < -0.39 is 11.4 Å². The SMILES string of the molecule is C=C(c1ccc(OC)cc1)C(C)(C)C(=O)[O-]. The van der Waals surface area contributed by atoms with Crippen LogP contribution < -0.4 is 9.84 Å². The second kappa shape index (κ2) is 4.39. The highest BCUT2D eigenvalue weighted by atomic mass is 16.5. The molecule has 0 atom stereocenters. The van der Waals surface area contributed by atoms with Crippen LogP contribution in [0, 0.1) is 5.41 Å². The molecule has 0 heterocycles. The molecule has 1 aromatic carbocycles. The van der Waals surface area contributed by atoms with Crippen molar-refractivity contribution < 1.29 is 14.6 Å². The van der Waals surface area contributed by atoms with Gasteiger partial charge in [-0.05, 0) is 23.3 Å². The average molecular weight is 219 g/mol. The second-order valence-corrected chi connectivity index (χ2v) is 4.12. The quantitative estimate of drug-likeness (QED) is 0.770. The van der Waals surface area contributed by atoms with Gasteiger partial charge in [0.15, 0.2) is 0 Å². The summed E-state index contributed by atoms with van der Waals surface area (Å²) < 4.78 is 5.02. The fourth-order valence-corrected chi connectivity index (χ4v) is 1.28. The molecule has 1 rings (SSSR count). The maximum Gasteiger partial charge on any atom is 0.118 e. The van der Waals surface area contributed by atoms with Gasteiger partial charge in [-0.3, -0.25) is 0 Å². The normalized spacial score (nSPS) is 10.9. The monoisotopic (exact) mass is 219 g/mol. The van der Waals surface area contributed by atoms with E-state index in [1.54, 1.807) is 45.2 Å². The lowest BCUT2D eigenvalue weighted by Crippen LogP contribution is -2.38. The number of carbonyl (C=O) groups is 1. The molecule has 0 aromatic heterocycles. The predicted octanol–water partition coefficient (Wildman–Crippen LogP) is 1.48. The first-order chi connectivity index (χ1) is 7.39. The maximum atomic E-state index is 11.0. The van der Waals surface area contributed by atoms with Crippen LogP contribution in [0.5, 0.6) is 5.75 Å². The predicted molar refractivity (Wildman–Crippen MR) is 60.8 cm³/mol. The number of methoxy groups -OCH3 is 1. The van der Waals surface area contributed by atoms with Gasteiger partial charge in [0.2, 0.25) is 0 Å². The summed E-state index contributed by atoms with van der Waals surface area (Å²) in [6.07, 6.45) is 0. The van der Waals surface area contributed by atoms with Gasteiger partial charge in [0.05, 0.1) is 13.1 Å². The molecule has 3 nitrogen and oxygen atoms in total. The molecule has 0 amide bonds. The van der Waals surface area contributed by atoms with Gasteiger partial charge in [0.1, 0.15) is 5.75 Å². The van der Waals surface area contributed by atoms with Crippen molar-refractivity contribution in [2.75, 3.05) is 7.11 Å². The van der Waals surface area contributed by atoms with E-state index in [0.717, 1.165) is 11.3 Å². The number of hydrogen-bond acceptors (Lipinski definition) is 3. The Labute approximate surface area is 95.4 Å². The van der Waals surface area contributed by atoms with Gasteiger partial charge >= 0.3 is 0 Å². The molecule has 0 spiro atoms. The first kappa shape index (κ1) is 12.3. The third kappa shape index (κ3) is 2.24. The Hall–Kier alpha value is -1.77. The van der Waals surface area contributed by atoms with Crippen LogP contribution in [-0.4, -0.2) is 13.1 Å². The van der Waals surface area contributed by atoms with E-state index in [2.05, 4.69) is 6.58 Å². The van der Waals surface area contributed by atoms with Crippen molar-refractivity contribution in [2.24, 2.45) is 5.41 Å². The lowest BCUT2D eigenvalue weighted by Gasteiger charge is -2.28. The van der Waals surface area contributed by atoms with E-state index in [-0.39, 0.29) is 0 Å². The summed E-state index contributed by atoms with van der Waals surface area (Å²) in [5, 5.41) is 11.0. The van der Waals surface area contributed by atoms with E-state index in [4.69, 9.17) is 4.74 Å². The molecule has 1 aromatic rings. The molecule has 0 fully saturated rings. The van der Waals surface area contributed by atoms with Crippen molar-refractivity contribution in [3.05, 3.63) is 36.4 Å². The number of benzene rings is 1. The summed E-state index contributed by atoms with van der Waals surface area (Å²) >= 11 is 0. The Morgan fingerprint density at radius 2 is 1.81 bits per heavy atom. The highest BCUT2D eigenvalue weighted by Crippen LogP contribution is 2.33. The van der Waals surface area contributed by atoms with Crippen molar-refractivity contribution in [1.82, 2.24) is 0 Å². The molecular weight excluding hydrogens is 204 g/mol. The average Bonchev–Trinajstić information content (AvgIpc) is 2.28. The molecule has 0 bridgehead atoms. The van der Waals surface area contributed by atoms with Crippen LogP contribution in [0.4, 0.5) is 0 Å².